The molecule has 0 radical (unpaired) electrons. The van der Waals surface area contributed by atoms with Crippen molar-refractivity contribution in [2.24, 2.45) is 17.8 Å². The Balaban J connectivity index is 1.64. The number of rotatable bonds is 20. The van der Waals surface area contributed by atoms with Crippen LogP contribution in [0.25, 0.3) is 0 Å². The Hall–Kier alpha value is -0.640. The minimum absolute atomic E-state index is 0.105. The fraction of sp³-hybridized carbons (Fsp3) is 1.00. The Bertz CT molecular complexity index is 837. The third-order valence-electron chi connectivity index (χ3n) is 10.4. The standard InChI is InChI=1S/C34H65NO15/c1-18(2)35-34(9-6-12-45-31-19(3)25(39)28(42)22(15-36)48-31,10-7-13-46-32-20(4)26(40)29(43)23(16-37)49-32)11-8-14-47-33-21(5)27(41)30(44)24(17-38)50-33/h18-33,35-44H,6-17H2,1-5H3/t19-,20-,21-,22?,23?,24?,25?,26?,27?,28-,29-,30-,31+,32+,33+,34?/m0/s1. The predicted molar refractivity (Wildman–Crippen MR) is 177 cm³/mol. The number of nitrogens with one attached hydrogen (secondary N) is 1. The zero-order chi connectivity index (χ0) is 37.2. The summed E-state index contributed by atoms with van der Waals surface area (Å²) in [4.78, 5) is 0. The van der Waals surface area contributed by atoms with Gasteiger partial charge in [0.2, 0.25) is 0 Å². The monoisotopic (exact) mass is 727 g/mol. The maximum absolute atomic E-state index is 10.4. The molecule has 3 saturated heterocycles. The summed E-state index contributed by atoms with van der Waals surface area (Å²) >= 11 is 0. The van der Waals surface area contributed by atoms with Crippen LogP contribution in [-0.2, 0) is 28.4 Å². The highest BCUT2D eigenvalue weighted by atomic mass is 16.7. The summed E-state index contributed by atoms with van der Waals surface area (Å²) < 4.78 is 35.2. The lowest BCUT2D eigenvalue weighted by Gasteiger charge is -2.42. The van der Waals surface area contributed by atoms with Gasteiger partial charge in [0.05, 0.1) is 38.1 Å². The first-order valence-corrected chi connectivity index (χ1v) is 18.2. The van der Waals surface area contributed by atoms with Gasteiger partial charge in [-0.2, -0.15) is 0 Å². The van der Waals surface area contributed by atoms with Crippen LogP contribution in [0.1, 0.15) is 73.1 Å². The highest BCUT2D eigenvalue weighted by Gasteiger charge is 2.45. The molecule has 0 aromatic carbocycles. The van der Waals surface area contributed by atoms with Crippen molar-refractivity contribution in [2.75, 3.05) is 39.6 Å². The molecule has 0 amide bonds. The largest absolute Gasteiger partial charge is 0.394 e. The smallest absolute Gasteiger partial charge is 0.163 e. The summed E-state index contributed by atoms with van der Waals surface area (Å²) in [6, 6.07) is 0.105. The van der Waals surface area contributed by atoms with Crippen LogP contribution in [0.2, 0.25) is 0 Å². The van der Waals surface area contributed by atoms with Crippen LogP contribution >= 0.6 is 0 Å². The van der Waals surface area contributed by atoms with Gasteiger partial charge >= 0.3 is 0 Å². The molecule has 3 heterocycles. The van der Waals surface area contributed by atoms with Crippen LogP contribution in [0.5, 0.6) is 0 Å². The molecule has 3 rings (SSSR count). The molecule has 0 aromatic rings. The quantitative estimate of drug-likeness (QED) is 0.0631. The fourth-order valence-corrected chi connectivity index (χ4v) is 7.27. The summed E-state index contributed by atoms with van der Waals surface area (Å²) in [5.74, 6) is -1.53. The van der Waals surface area contributed by atoms with Gasteiger partial charge in [0.15, 0.2) is 18.9 Å². The lowest BCUT2D eigenvalue weighted by molar-refractivity contribution is -0.283. The van der Waals surface area contributed by atoms with Crippen molar-refractivity contribution < 1.29 is 74.4 Å². The SMILES string of the molecule is CC(C)NC(CCCO[C@@H]1OC(CO)[C@H](O)C(O)[C@@H]1C)(CCCO[C@@H]1OC(CO)[C@H](O)C(O)[C@@H]1C)CCCO[C@@H]1OC(CO)[C@H](O)C(O)[C@@H]1C. The van der Waals surface area contributed by atoms with Crippen LogP contribution < -0.4 is 5.32 Å². The van der Waals surface area contributed by atoms with Crippen molar-refractivity contribution in [1.29, 1.82) is 0 Å². The molecular formula is C34H65NO15. The second kappa shape index (κ2) is 20.7. The third kappa shape index (κ3) is 11.4. The van der Waals surface area contributed by atoms with Crippen molar-refractivity contribution in [2.45, 2.75) is 159 Å². The Kier molecular flexibility index (Phi) is 18.1. The highest BCUT2D eigenvalue weighted by Crippen LogP contribution is 2.32. The van der Waals surface area contributed by atoms with E-state index in [1.165, 1.54) is 0 Å². The maximum Gasteiger partial charge on any atom is 0.163 e. The summed E-state index contributed by atoms with van der Waals surface area (Å²) in [7, 11) is 0. The Morgan fingerprint density at radius 1 is 0.520 bits per heavy atom. The van der Waals surface area contributed by atoms with E-state index in [4.69, 9.17) is 28.4 Å². The fourth-order valence-electron chi connectivity index (χ4n) is 7.27. The van der Waals surface area contributed by atoms with Gasteiger partial charge in [0.25, 0.3) is 0 Å². The van der Waals surface area contributed by atoms with Gasteiger partial charge in [0.1, 0.15) is 36.6 Å². The molecule has 50 heavy (non-hydrogen) atoms. The van der Waals surface area contributed by atoms with E-state index in [1.54, 1.807) is 20.8 Å². The molecule has 0 saturated carbocycles. The van der Waals surface area contributed by atoms with E-state index in [-0.39, 0.29) is 25.9 Å². The highest BCUT2D eigenvalue weighted by molar-refractivity contribution is 4.92. The molecule has 10 N–H and O–H groups in total. The van der Waals surface area contributed by atoms with Crippen LogP contribution in [0.15, 0.2) is 0 Å². The maximum atomic E-state index is 10.4. The lowest BCUT2D eigenvalue weighted by atomic mass is 9.83. The van der Waals surface area contributed by atoms with Gasteiger partial charge < -0.3 is 79.7 Å². The zero-order valence-electron chi connectivity index (χ0n) is 30.2. The van der Waals surface area contributed by atoms with E-state index in [2.05, 4.69) is 19.2 Å². The normalized spacial score (nSPS) is 41.0. The third-order valence-corrected chi connectivity index (χ3v) is 10.4. The number of ether oxygens (including phenoxy) is 6. The Morgan fingerprint density at radius 2 is 0.800 bits per heavy atom. The summed E-state index contributed by atoms with van der Waals surface area (Å²) in [6.45, 7) is 8.77. The van der Waals surface area contributed by atoms with E-state index >= 15 is 0 Å². The second-order valence-corrected chi connectivity index (χ2v) is 14.7. The van der Waals surface area contributed by atoms with Crippen LogP contribution in [-0.4, -0.2) is 171 Å². The molecule has 0 spiro atoms. The molecule has 6 unspecified atom stereocenters. The first-order chi connectivity index (χ1) is 23.7. The Morgan fingerprint density at radius 3 is 1.04 bits per heavy atom. The minimum Gasteiger partial charge on any atom is -0.394 e. The molecule has 0 bridgehead atoms. The van der Waals surface area contributed by atoms with Crippen molar-refractivity contribution >= 4 is 0 Å². The number of aliphatic hydroxyl groups excluding tert-OH is 9. The first-order valence-electron chi connectivity index (χ1n) is 18.2. The van der Waals surface area contributed by atoms with E-state index in [0.717, 1.165) is 0 Å². The van der Waals surface area contributed by atoms with Gasteiger partial charge in [-0.15, -0.1) is 0 Å². The van der Waals surface area contributed by atoms with E-state index < -0.39 is 117 Å². The van der Waals surface area contributed by atoms with Crippen LogP contribution in [0, 0.1) is 17.8 Å². The van der Waals surface area contributed by atoms with Gasteiger partial charge in [-0.25, -0.2) is 0 Å². The molecule has 0 aromatic heterocycles. The van der Waals surface area contributed by atoms with Gasteiger partial charge in [0, 0.05) is 49.2 Å². The number of hydrogen-bond acceptors (Lipinski definition) is 16. The van der Waals surface area contributed by atoms with E-state index in [0.29, 0.717) is 38.5 Å². The molecule has 0 aliphatic carbocycles. The first kappa shape index (κ1) is 43.8. The summed E-state index contributed by atoms with van der Waals surface area (Å²) in [5.41, 5.74) is -0.419. The number of hydrogen-bond donors (Lipinski definition) is 10. The average molecular weight is 728 g/mol. The topological polar surface area (TPSA) is 249 Å². The number of aliphatic hydroxyl groups is 9. The molecule has 16 heteroatoms. The molecular weight excluding hydrogens is 662 g/mol. The summed E-state index contributed by atoms with van der Waals surface area (Å²) in [5, 5.41) is 94.3. The zero-order valence-corrected chi connectivity index (χ0v) is 30.2. The van der Waals surface area contributed by atoms with Gasteiger partial charge in [-0.05, 0) is 38.5 Å². The van der Waals surface area contributed by atoms with Crippen molar-refractivity contribution in [3.63, 3.8) is 0 Å². The summed E-state index contributed by atoms with van der Waals surface area (Å²) in [6.07, 6.45) is -8.38. The molecule has 3 aliphatic rings. The predicted octanol–water partition coefficient (Wildman–Crippen LogP) is -1.66. The van der Waals surface area contributed by atoms with Gasteiger partial charge in [-0.1, -0.05) is 34.6 Å². The minimum atomic E-state index is -1.21. The molecule has 3 fully saturated rings. The Labute approximate surface area is 295 Å². The molecule has 16 nitrogen and oxygen atoms in total. The second-order valence-electron chi connectivity index (χ2n) is 14.7. The average Bonchev–Trinajstić information content (AvgIpc) is 3.09. The van der Waals surface area contributed by atoms with E-state index in [9.17, 15) is 46.0 Å². The molecule has 296 valence electrons. The van der Waals surface area contributed by atoms with Crippen LogP contribution in [0.3, 0.4) is 0 Å². The molecule has 3 aliphatic heterocycles. The van der Waals surface area contributed by atoms with Crippen molar-refractivity contribution in [1.82, 2.24) is 5.32 Å². The van der Waals surface area contributed by atoms with Crippen LogP contribution in [0.4, 0.5) is 0 Å². The molecule has 15 atom stereocenters. The van der Waals surface area contributed by atoms with Crippen molar-refractivity contribution in [3.05, 3.63) is 0 Å². The lowest BCUT2D eigenvalue weighted by Crippen LogP contribution is -2.55. The van der Waals surface area contributed by atoms with E-state index in [1.807, 2.05) is 0 Å². The van der Waals surface area contributed by atoms with Crippen molar-refractivity contribution in [3.8, 4) is 0 Å². The van der Waals surface area contributed by atoms with Gasteiger partial charge in [-0.3, -0.25) is 0 Å².